The van der Waals surface area contributed by atoms with Crippen molar-refractivity contribution < 1.29 is 0 Å². The molecule has 0 amide bonds. The minimum Gasteiger partial charge on any atom is -0.323 e. The van der Waals surface area contributed by atoms with E-state index >= 15 is 0 Å². The van der Waals surface area contributed by atoms with E-state index in [2.05, 4.69) is 11.7 Å². The molecule has 2 N–H and O–H groups in total. The lowest BCUT2D eigenvalue weighted by atomic mass is 10.4. The molecule has 0 fully saturated rings. The van der Waals surface area contributed by atoms with Crippen LogP contribution in [0.25, 0.3) is 0 Å². The fourth-order valence-electron chi connectivity index (χ4n) is 0.127. The Bertz CT molecular complexity index is 73.6. The molecule has 0 unspecified atom stereocenters. The van der Waals surface area contributed by atoms with Crippen LogP contribution in [0.5, 0.6) is 0 Å². The number of allylic oxidation sites excluding steroid dienone is 1. The molecule has 0 aliphatic carbocycles. The molecule has 34 valence electrons. The summed E-state index contributed by atoms with van der Waals surface area (Å²) in [6.45, 7) is 5.35. The standard InChI is InChI=1S/C4H8N2/c1-4(2)3-6-5/h3H,1,5H2,2H3/b6-3-. The van der Waals surface area contributed by atoms with Crippen molar-refractivity contribution in [1.82, 2.24) is 0 Å². The summed E-state index contributed by atoms with van der Waals surface area (Å²) in [5.41, 5.74) is 0.873. The maximum absolute atomic E-state index is 4.74. The minimum absolute atomic E-state index is 0.873. The molecule has 0 bridgehead atoms. The number of nitrogens with two attached hydrogens (primary N) is 1. The molecular formula is C4H8N2. The highest BCUT2D eigenvalue weighted by atomic mass is 15.1. The van der Waals surface area contributed by atoms with E-state index in [1.165, 1.54) is 6.21 Å². The molecule has 6 heavy (non-hydrogen) atoms. The highest BCUT2D eigenvalue weighted by Gasteiger charge is 1.65. The highest BCUT2D eigenvalue weighted by Crippen LogP contribution is 1.73. The molecule has 0 saturated carbocycles. The first kappa shape index (κ1) is 5.21. The van der Waals surface area contributed by atoms with Crippen molar-refractivity contribution in [3.63, 3.8) is 0 Å². The van der Waals surface area contributed by atoms with Crippen LogP contribution in [0.4, 0.5) is 0 Å². The normalized spacial score (nSPS) is 9.50. The van der Waals surface area contributed by atoms with Gasteiger partial charge in [0.2, 0.25) is 0 Å². The molecule has 0 rings (SSSR count). The van der Waals surface area contributed by atoms with Crippen LogP contribution in [0, 0.1) is 0 Å². The summed E-state index contributed by atoms with van der Waals surface area (Å²) in [4.78, 5) is 0. The van der Waals surface area contributed by atoms with Crippen molar-refractivity contribution in [2.45, 2.75) is 6.92 Å². The lowest BCUT2D eigenvalue weighted by Gasteiger charge is -1.75. The van der Waals surface area contributed by atoms with E-state index in [4.69, 9.17) is 5.84 Å². The van der Waals surface area contributed by atoms with Gasteiger partial charge in [0, 0.05) is 6.21 Å². The molecule has 0 aromatic carbocycles. The molecule has 0 spiro atoms. The summed E-state index contributed by atoms with van der Waals surface area (Å²) in [5.74, 6) is 4.74. The van der Waals surface area contributed by atoms with Gasteiger partial charge in [-0.3, -0.25) is 0 Å². The molecular weight excluding hydrogens is 76.1 g/mol. The largest absolute Gasteiger partial charge is 0.323 e. The van der Waals surface area contributed by atoms with Crippen LogP contribution in [0.3, 0.4) is 0 Å². The molecule has 0 saturated heterocycles. The Balaban J connectivity index is 3.30. The zero-order chi connectivity index (χ0) is 4.99. The van der Waals surface area contributed by atoms with E-state index < -0.39 is 0 Å². The Morgan fingerprint density at radius 3 is 2.50 bits per heavy atom. The topological polar surface area (TPSA) is 38.4 Å². The van der Waals surface area contributed by atoms with E-state index in [0.29, 0.717) is 0 Å². The number of hydrazone groups is 1. The summed E-state index contributed by atoms with van der Waals surface area (Å²) >= 11 is 0. The van der Waals surface area contributed by atoms with E-state index in [1.807, 2.05) is 6.92 Å². The van der Waals surface area contributed by atoms with Crippen molar-refractivity contribution in [2.24, 2.45) is 10.9 Å². The van der Waals surface area contributed by atoms with E-state index in [1.54, 1.807) is 0 Å². The van der Waals surface area contributed by atoms with Gasteiger partial charge in [0.1, 0.15) is 0 Å². The maximum Gasteiger partial charge on any atom is 0.0488 e. The summed E-state index contributed by atoms with van der Waals surface area (Å²) in [7, 11) is 0. The van der Waals surface area contributed by atoms with Crippen molar-refractivity contribution >= 4 is 6.21 Å². The Labute approximate surface area is 37.3 Å². The van der Waals surface area contributed by atoms with Crippen LogP contribution >= 0.6 is 0 Å². The molecule has 2 nitrogen and oxygen atoms in total. The third-order valence-corrected chi connectivity index (χ3v) is 0.295. The second-order valence-electron chi connectivity index (χ2n) is 1.12. The number of rotatable bonds is 1. The zero-order valence-electron chi connectivity index (χ0n) is 3.81. The maximum atomic E-state index is 4.74. The predicted octanol–water partition coefficient (Wildman–Crippen LogP) is 0.507. The first-order valence-corrected chi connectivity index (χ1v) is 1.66. The molecule has 0 aliphatic rings. The summed E-state index contributed by atoms with van der Waals surface area (Å²) < 4.78 is 0. The van der Waals surface area contributed by atoms with Gasteiger partial charge in [-0.1, -0.05) is 6.58 Å². The first-order chi connectivity index (χ1) is 2.77. The van der Waals surface area contributed by atoms with Gasteiger partial charge in [0.25, 0.3) is 0 Å². The zero-order valence-corrected chi connectivity index (χ0v) is 3.81. The van der Waals surface area contributed by atoms with E-state index in [-0.39, 0.29) is 0 Å². The number of nitrogens with zero attached hydrogens (tertiary/aromatic N) is 1. The van der Waals surface area contributed by atoms with Gasteiger partial charge >= 0.3 is 0 Å². The van der Waals surface area contributed by atoms with Gasteiger partial charge in [-0.15, -0.1) is 0 Å². The molecule has 0 aromatic heterocycles. The SMILES string of the molecule is C=C(C)/C=N\N. The fourth-order valence-corrected chi connectivity index (χ4v) is 0.127. The molecule has 0 atom stereocenters. The van der Waals surface area contributed by atoms with Gasteiger partial charge in [-0.2, -0.15) is 5.10 Å². The molecule has 0 radical (unpaired) electrons. The number of hydrogen-bond donors (Lipinski definition) is 1. The molecule has 0 heterocycles. The smallest absolute Gasteiger partial charge is 0.0488 e. The Morgan fingerprint density at radius 1 is 2.00 bits per heavy atom. The van der Waals surface area contributed by atoms with E-state index in [0.717, 1.165) is 5.57 Å². The van der Waals surface area contributed by atoms with Crippen LogP contribution in [0.2, 0.25) is 0 Å². The summed E-state index contributed by atoms with van der Waals surface area (Å²) in [5, 5.41) is 3.21. The van der Waals surface area contributed by atoms with E-state index in [9.17, 15) is 0 Å². The number of hydrogen-bond acceptors (Lipinski definition) is 2. The Hall–Kier alpha value is -0.790. The van der Waals surface area contributed by atoms with Gasteiger partial charge in [-0.05, 0) is 12.5 Å². The lowest BCUT2D eigenvalue weighted by molar-refractivity contribution is 1.26. The van der Waals surface area contributed by atoms with Gasteiger partial charge in [0.05, 0.1) is 0 Å². The average molecular weight is 84.1 g/mol. The highest BCUT2D eigenvalue weighted by molar-refractivity contribution is 5.76. The summed E-state index contributed by atoms with van der Waals surface area (Å²) in [6.07, 6.45) is 1.50. The summed E-state index contributed by atoms with van der Waals surface area (Å²) in [6, 6.07) is 0. The third kappa shape index (κ3) is 3.21. The van der Waals surface area contributed by atoms with Crippen LogP contribution in [0.15, 0.2) is 17.3 Å². The molecule has 2 heteroatoms. The Morgan fingerprint density at radius 2 is 2.50 bits per heavy atom. The lowest BCUT2D eigenvalue weighted by Crippen LogP contribution is -1.81. The molecule has 0 aromatic rings. The minimum atomic E-state index is 0.873. The van der Waals surface area contributed by atoms with Crippen LogP contribution in [-0.4, -0.2) is 6.21 Å². The second-order valence-corrected chi connectivity index (χ2v) is 1.12. The van der Waals surface area contributed by atoms with Crippen LogP contribution < -0.4 is 5.84 Å². The van der Waals surface area contributed by atoms with Crippen LogP contribution in [0.1, 0.15) is 6.92 Å². The second kappa shape index (κ2) is 2.45. The third-order valence-electron chi connectivity index (χ3n) is 0.295. The van der Waals surface area contributed by atoms with Crippen molar-refractivity contribution in [2.75, 3.05) is 0 Å². The fraction of sp³-hybridized carbons (Fsp3) is 0.250. The predicted molar refractivity (Wildman–Crippen MR) is 27.5 cm³/mol. The Kier molecular flexibility index (Phi) is 2.13. The monoisotopic (exact) mass is 84.1 g/mol. The first-order valence-electron chi connectivity index (χ1n) is 1.66. The van der Waals surface area contributed by atoms with Crippen molar-refractivity contribution in [1.29, 1.82) is 0 Å². The van der Waals surface area contributed by atoms with Crippen molar-refractivity contribution in [3.05, 3.63) is 12.2 Å². The quantitative estimate of drug-likeness (QED) is 0.280. The van der Waals surface area contributed by atoms with Crippen molar-refractivity contribution in [3.8, 4) is 0 Å². The van der Waals surface area contributed by atoms with Gasteiger partial charge < -0.3 is 5.84 Å². The molecule has 0 aliphatic heterocycles. The van der Waals surface area contributed by atoms with Gasteiger partial charge in [-0.25, -0.2) is 0 Å². The average Bonchev–Trinajstić information content (AvgIpc) is 1.35. The van der Waals surface area contributed by atoms with Gasteiger partial charge in [0.15, 0.2) is 0 Å². The van der Waals surface area contributed by atoms with Crippen LogP contribution in [-0.2, 0) is 0 Å².